The smallest absolute Gasteiger partial charge is 0.410 e. The van der Waals surface area contributed by atoms with Crippen LogP contribution in [0.15, 0.2) is 0 Å². The molecule has 1 aliphatic rings. The Morgan fingerprint density at radius 3 is 2.17 bits per heavy atom. The van der Waals surface area contributed by atoms with Crippen LogP contribution in [0.3, 0.4) is 0 Å². The molecule has 1 aliphatic heterocycles. The molecule has 4 nitrogen and oxygen atoms in total. The number of rotatable bonds is 2. The van der Waals surface area contributed by atoms with Gasteiger partial charge in [0.15, 0.2) is 0 Å². The molecule has 0 aromatic rings. The van der Waals surface area contributed by atoms with Crippen LogP contribution in [0.4, 0.5) is 4.79 Å². The molecule has 1 fully saturated rings. The predicted molar refractivity (Wildman–Crippen MR) is 73.7 cm³/mol. The Balaban J connectivity index is 2.42. The van der Waals surface area contributed by atoms with Crippen LogP contribution in [0, 0.1) is 5.92 Å². The Kier molecular flexibility index (Phi) is 5.02. The van der Waals surface area contributed by atoms with Crippen molar-refractivity contribution >= 4 is 6.09 Å². The first-order chi connectivity index (χ1) is 8.20. The molecule has 1 unspecified atom stereocenters. The molecule has 1 atom stereocenters. The van der Waals surface area contributed by atoms with Gasteiger partial charge in [-0.3, -0.25) is 0 Å². The van der Waals surface area contributed by atoms with E-state index >= 15 is 0 Å². The number of hydrogen-bond acceptors (Lipinski definition) is 3. The third-order valence-electron chi connectivity index (χ3n) is 3.69. The van der Waals surface area contributed by atoms with Crippen molar-refractivity contribution in [3.8, 4) is 0 Å². The Hall–Kier alpha value is -0.770. The van der Waals surface area contributed by atoms with Gasteiger partial charge in [0.1, 0.15) is 5.60 Å². The van der Waals surface area contributed by atoms with Crippen LogP contribution in [0.5, 0.6) is 0 Å². The zero-order valence-electron chi connectivity index (χ0n) is 12.7. The molecule has 18 heavy (non-hydrogen) atoms. The molecule has 1 saturated heterocycles. The van der Waals surface area contributed by atoms with Crippen molar-refractivity contribution in [1.29, 1.82) is 0 Å². The van der Waals surface area contributed by atoms with Crippen molar-refractivity contribution in [2.45, 2.75) is 52.2 Å². The first-order valence-electron chi connectivity index (χ1n) is 6.85. The van der Waals surface area contributed by atoms with Crippen molar-refractivity contribution in [3.63, 3.8) is 0 Å². The standard InChI is InChI=1S/C14H28N2O2/c1-11(15(5)6)12-7-9-16(10-8-12)13(17)18-14(2,3)4/h11-12H,7-10H2,1-6H3. The summed E-state index contributed by atoms with van der Waals surface area (Å²) >= 11 is 0. The number of amides is 1. The summed E-state index contributed by atoms with van der Waals surface area (Å²) in [6.45, 7) is 9.62. The van der Waals surface area contributed by atoms with Gasteiger partial charge in [-0.05, 0) is 60.5 Å². The Morgan fingerprint density at radius 2 is 1.78 bits per heavy atom. The fraction of sp³-hybridized carbons (Fsp3) is 0.929. The zero-order valence-corrected chi connectivity index (χ0v) is 12.7. The van der Waals surface area contributed by atoms with E-state index < -0.39 is 5.60 Å². The van der Waals surface area contributed by atoms with Crippen LogP contribution in [0.2, 0.25) is 0 Å². The average molecular weight is 256 g/mol. The van der Waals surface area contributed by atoms with E-state index in [0.29, 0.717) is 12.0 Å². The third-order valence-corrected chi connectivity index (χ3v) is 3.69. The van der Waals surface area contributed by atoms with Gasteiger partial charge >= 0.3 is 6.09 Å². The van der Waals surface area contributed by atoms with Gasteiger partial charge in [-0.25, -0.2) is 4.79 Å². The molecule has 0 aliphatic carbocycles. The summed E-state index contributed by atoms with van der Waals surface area (Å²) in [5.41, 5.74) is -0.398. The van der Waals surface area contributed by atoms with E-state index in [4.69, 9.17) is 4.74 Å². The fourth-order valence-electron chi connectivity index (χ4n) is 2.31. The van der Waals surface area contributed by atoms with Crippen molar-refractivity contribution < 1.29 is 9.53 Å². The topological polar surface area (TPSA) is 32.8 Å². The van der Waals surface area contributed by atoms with Gasteiger partial charge in [0.05, 0.1) is 0 Å². The number of likely N-dealkylation sites (tertiary alicyclic amines) is 1. The Bertz CT molecular complexity index is 276. The SMILES string of the molecule is CC(C1CCN(C(=O)OC(C)(C)C)CC1)N(C)C. The van der Waals surface area contributed by atoms with E-state index in [0.717, 1.165) is 25.9 Å². The van der Waals surface area contributed by atoms with Crippen LogP contribution >= 0.6 is 0 Å². The second-order valence-corrected chi connectivity index (χ2v) is 6.51. The van der Waals surface area contributed by atoms with E-state index in [-0.39, 0.29) is 6.09 Å². The quantitative estimate of drug-likeness (QED) is 0.761. The normalized spacial score (nSPS) is 20.1. The maximum Gasteiger partial charge on any atom is 0.410 e. The molecule has 0 aromatic carbocycles. The number of carbonyl (C=O) groups is 1. The average Bonchev–Trinajstić information content (AvgIpc) is 2.26. The first-order valence-corrected chi connectivity index (χ1v) is 6.85. The van der Waals surface area contributed by atoms with Gasteiger partial charge in [-0.1, -0.05) is 0 Å². The molecule has 0 aromatic heterocycles. The van der Waals surface area contributed by atoms with E-state index in [9.17, 15) is 4.79 Å². The molecule has 1 amide bonds. The summed E-state index contributed by atoms with van der Waals surface area (Å²) in [5, 5.41) is 0. The minimum Gasteiger partial charge on any atom is -0.444 e. The lowest BCUT2D eigenvalue weighted by Crippen LogP contribution is -2.45. The molecular weight excluding hydrogens is 228 g/mol. The van der Waals surface area contributed by atoms with E-state index in [1.165, 1.54) is 0 Å². The van der Waals surface area contributed by atoms with Gasteiger partial charge in [0.25, 0.3) is 0 Å². The summed E-state index contributed by atoms with van der Waals surface area (Å²) in [6, 6.07) is 0.575. The number of piperidine rings is 1. The number of ether oxygens (including phenoxy) is 1. The summed E-state index contributed by atoms with van der Waals surface area (Å²) in [5.74, 6) is 0.679. The number of hydrogen-bond donors (Lipinski definition) is 0. The molecule has 0 bridgehead atoms. The second kappa shape index (κ2) is 5.91. The highest BCUT2D eigenvalue weighted by molar-refractivity contribution is 5.68. The molecule has 1 rings (SSSR count). The van der Waals surface area contributed by atoms with Gasteiger partial charge in [0, 0.05) is 19.1 Å². The summed E-state index contributed by atoms with van der Waals surface area (Å²) < 4.78 is 5.40. The van der Waals surface area contributed by atoms with Crippen LogP contribution in [-0.2, 0) is 4.74 Å². The molecule has 106 valence electrons. The minimum absolute atomic E-state index is 0.168. The molecule has 1 heterocycles. The third kappa shape index (κ3) is 4.48. The Labute approximate surface area is 111 Å². The molecular formula is C14H28N2O2. The second-order valence-electron chi connectivity index (χ2n) is 6.51. The van der Waals surface area contributed by atoms with Crippen molar-refractivity contribution in [2.75, 3.05) is 27.2 Å². The molecule has 0 radical (unpaired) electrons. The molecule has 4 heteroatoms. The van der Waals surface area contributed by atoms with Gasteiger partial charge < -0.3 is 14.5 Å². The van der Waals surface area contributed by atoms with Gasteiger partial charge in [-0.15, -0.1) is 0 Å². The lowest BCUT2D eigenvalue weighted by Gasteiger charge is -2.37. The highest BCUT2D eigenvalue weighted by Gasteiger charge is 2.29. The monoisotopic (exact) mass is 256 g/mol. The van der Waals surface area contributed by atoms with Crippen molar-refractivity contribution in [1.82, 2.24) is 9.80 Å². The van der Waals surface area contributed by atoms with Crippen molar-refractivity contribution in [3.05, 3.63) is 0 Å². The number of carbonyl (C=O) groups excluding carboxylic acids is 1. The molecule has 0 N–H and O–H groups in total. The summed E-state index contributed by atoms with van der Waals surface area (Å²) in [4.78, 5) is 16.0. The summed E-state index contributed by atoms with van der Waals surface area (Å²) in [7, 11) is 4.23. The van der Waals surface area contributed by atoms with E-state index in [1.807, 2.05) is 25.7 Å². The Morgan fingerprint density at radius 1 is 1.28 bits per heavy atom. The van der Waals surface area contributed by atoms with Crippen LogP contribution in [-0.4, -0.2) is 54.7 Å². The molecule has 0 saturated carbocycles. The maximum absolute atomic E-state index is 11.9. The number of nitrogens with zero attached hydrogens (tertiary/aromatic N) is 2. The van der Waals surface area contributed by atoms with Crippen LogP contribution < -0.4 is 0 Å². The van der Waals surface area contributed by atoms with Gasteiger partial charge in [0.2, 0.25) is 0 Å². The van der Waals surface area contributed by atoms with E-state index in [2.05, 4.69) is 25.9 Å². The van der Waals surface area contributed by atoms with Crippen molar-refractivity contribution in [2.24, 2.45) is 5.92 Å². The van der Waals surface area contributed by atoms with Gasteiger partial charge in [-0.2, -0.15) is 0 Å². The first kappa shape index (κ1) is 15.3. The minimum atomic E-state index is -0.398. The molecule has 0 spiro atoms. The lowest BCUT2D eigenvalue weighted by atomic mass is 9.90. The largest absolute Gasteiger partial charge is 0.444 e. The lowest BCUT2D eigenvalue weighted by molar-refractivity contribution is 0.0152. The predicted octanol–water partition coefficient (Wildman–Crippen LogP) is 2.58. The van der Waals surface area contributed by atoms with Crippen LogP contribution in [0.1, 0.15) is 40.5 Å². The van der Waals surface area contributed by atoms with Crippen LogP contribution in [0.25, 0.3) is 0 Å². The van der Waals surface area contributed by atoms with E-state index in [1.54, 1.807) is 0 Å². The highest BCUT2D eigenvalue weighted by Crippen LogP contribution is 2.24. The summed E-state index contributed by atoms with van der Waals surface area (Å²) in [6.07, 6.45) is 1.97. The maximum atomic E-state index is 11.9. The zero-order chi connectivity index (χ0) is 13.9. The highest BCUT2D eigenvalue weighted by atomic mass is 16.6. The fourth-order valence-corrected chi connectivity index (χ4v) is 2.31.